The number of rotatable bonds is 1. The van der Waals surface area contributed by atoms with Gasteiger partial charge in [0.25, 0.3) is 0 Å². The molecule has 0 aromatic carbocycles. The minimum Gasteiger partial charge on any atom is -0.381 e. The molecule has 0 spiro atoms. The van der Waals surface area contributed by atoms with Gasteiger partial charge in [-0.1, -0.05) is 0 Å². The standard InChI is InChI=1S/C9H12FN5/c1-5-4-6(12-14(5)2)8-7(10)9(11)15(3)13-8/h4H,11H2,1-3H3. The van der Waals surface area contributed by atoms with E-state index in [1.807, 2.05) is 6.92 Å². The Kier molecular flexibility index (Phi) is 1.99. The van der Waals surface area contributed by atoms with Crippen LogP contribution in [0.15, 0.2) is 6.07 Å². The number of aromatic nitrogens is 4. The van der Waals surface area contributed by atoms with E-state index in [1.54, 1.807) is 24.8 Å². The molecule has 0 amide bonds. The Labute approximate surface area is 86.3 Å². The van der Waals surface area contributed by atoms with E-state index in [-0.39, 0.29) is 11.5 Å². The van der Waals surface area contributed by atoms with E-state index in [0.29, 0.717) is 5.69 Å². The average Bonchev–Trinajstić information content (AvgIpc) is 2.63. The molecule has 0 radical (unpaired) electrons. The van der Waals surface area contributed by atoms with Crippen molar-refractivity contribution in [3.63, 3.8) is 0 Å². The van der Waals surface area contributed by atoms with Crippen LogP contribution in [0.2, 0.25) is 0 Å². The van der Waals surface area contributed by atoms with E-state index in [0.717, 1.165) is 5.69 Å². The highest BCUT2D eigenvalue weighted by Gasteiger charge is 2.17. The highest BCUT2D eigenvalue weighted by molar-refractivity contribution is 5.59. The number of nitrogen functional groups attached to an aromatic ring is 1. The summed E-state index contributed by atoms with van der Waals surface area (Å²) in [6.45, 7) is 1.89. The maximum absolute atomic E-state index is 13.6. The summed E-state index contributed by atoms with van der Waals surface area (Å²) in [5, 5.41) is 8.12. The molecule has 6 heteroatoms. The lowest BCUT2D eigenvalue weighted by Crippen LogP contribution is -1.97. The fourth-order valence-electron chi connectivity index (χ4n) is 1.35. The Balaban J connectivity index is 2.59. The molecule has 2 aromatic rings. The van der Waals surface area contributed by atoms with Crippen LogP contribution in [0, 0.1) is 12.7 Å². The molecular formula is C9H12FN5. The molecule has 2 aromatic heterocycles. The van der Waals surface area contributed by atoms with Crippen LogP contribution in [0.3, 0.4) is 0 Å². The summed E-state index contributed by atoms with van der Waals surface area (Å²) in [4.78, 5) is 0. The fraction of sp³-hybridized carbons (Fsp3) is 0.333. The lowest BCUT2D eigenvalue weighted by atomic mass is 10.3. The first-order valence-electron chi connectivity index (χ1n) is 4.49. The largest absolute Gasteiger partial charge is 0.381 e. The molecule has 0 saturated carbocycles. The summed E-state index contributed by atoms with van der Waals surface area (Å²) in [7, 11) is 3.39. The van der Waals surface area contributed by atoms with Gasteiger partial charge in [0.05, 0.1) is 0 Å². The van der Waals surface area contributed by atoms with Crippen molar-refractivity contribution in [1.29, 1.82) is 0 Å². The molecule has 0 unspecified atom stereocenters. The number of aryl methyl sites for hydroxylation is 3. The lowest BCUT2D eigenvalue weighted by Gasteiger charge is -1.89. The number of nitrogens with two attached hydrogens (primary N) is 1. The molecule has 2 heterocycles. The Morgan fingerprint density at radius 3 is 2.33 bits per heavy atom. The normalized spacial score (nSPS) is 10.9. The van der Waals surface area contributed by atoms with Crippen molar-refractivity contribution in [2.75, 3.05) is 5.73 Å². The summed E-state index contributed by atoms with van der Waals surface area (Å²) in [5.74, 6) is -0.496. The minimum absolute atomic E-state index is 0.0216. The zero-order chi connectivity index (χ0) is 11.2. The second kappa shape index (κ2) is 3.08. The molecular weight excluding hydrogens is 197 g/mol. The molecule has 15 heavy (non-hydrogen) atoms. The number of halogens is 1. The number of anilines is 1. The molecule has 0 fully saturated rings. The van der Waals surface area contributed by atoms with Crippen LogP contribution in [0.25, 0.3) is 11.4 Å². The molecule has 0 aliphatic heterocycles. The Morgan fingerprint density at radius 1 is 1.27 bits per heavy atom. The van der Waals surface area contributed by atoms with Crippen molar-refractivity contribution in [1.82, 2.24) is 19.6 Å². The van der Waals surface area contributed by atoms with Crippen molar-refractivity contribution in [2.45, 2.75) is 6.92 Å². The Morgan fingerprint density at radius 2 is 1.93 bits per heavy atom. The van der Waals surface area contributed by atoms with Gasteiger partial charge in [-0.15, -0.1) is 0 Å². The predicted octanol–water partition coefficient (Wildman–Crippen LogP) is 0.850. The average molecular weight is 209 g/mol. The number of hydrogen-bond acceptors (Lipinski definition) is 3. The van der Waals surface area contributed by atoms with Crippen molar-refractivity contribution >= 4 is 5.82 Å². The van der Waals surface area contributed by atoms with Gasteiger partial charge in [-0.2, -0.15) is 10.2 Å². The van der Waals surface area contributed by atoms with Gasteiger partial charge in [0, 0.05) is 19.8 Å². The zero-order valence-electron chi connectivity index (χ0n) is 8.82. The third-order valence-corrected chi connectivity index (χ3v) is 2.39. The van der Waals surface area contributed by atoms with Gasteiger partial charge >= 0.3 is 0 Å². The molecule has 80 valence electrons. The summed E-state index contributed by atoms with van der Waals surface area (Å²) < 4.78 is 16.6. The van der Waals surface area contributed by atoms with Gasteiger partial charge in [-0.25, -0.2) is 9.07 Å². The van der Waals surface area contributed by atoms with Crippen LogP contribution in [-0.2, 0) is 14.1 Å². The predicted molar refractivity (Wildman–Crippen MR) is 54.5 cm³/mol. The first-order valence-corrected chi connectivity index (χ1v) is 4.49. The van der Waals surface area contributed by atoms with E-state index in [9.17, 15) is 4.39 Å². The smallest absolute Gasteiger partial charge is 0.194 e. The van der Waals surface area contributed by atoms with Crippen molar-refractivity contribution in [3.05, 3.63) is 17.6 Å². The van der Waals surface area contributed by atoms with Gasteiger partial charge in [0.1, 0.15) is 5.69 Å². The monoisotopic (exact) mass is 209 g/mol. The maximum atomic E-state index is 13.6. The summed E-state index contributed by atoms with van der Waals surface area (Å²) in [6, 6.07) is 1.77. The van der Waals surface area contributed by atoms with E-state index in [4.69, 9.17) is 5.73 Å². The van der Waals surface area contributed by atoms with Crippen LogP contribution < -0.4 is 5.73 Å². The lowest BCUT2D eigenvalue weighted by molar-refractivity contribution is 0.632. The Hall–Kier alpha value is -1.85. The molecule has 0 aliphatic rings. The third kappa shape index (κ3) is 1.38. The van der Waals surface area contributed by atoms with Gasteiger partial charge in [0.2, 0.25) is 0 Å². The van der Waals surface area contributed by atoms with Crippen molar-refractivity contribution < 1.29 is 4.39 Å². The van der Waals surface area contributed by atoms with E-state index in [2.05, 4.69) is 10.2 Å². The highest BCUT2D eigenvalue weighted by Crippen LogP contribution is 2.23. The second-order valence-corrected chi connectivity index (χ2v) is 3.47. The van der Waals surface area contributed by atoms with E-state index >= 15 is 0 Å². The van der Waals surface area contributed by atoms with Gasteiger partial charge < -0.3 is 5.73 Å². The van der Waals surface area contributed by atoms with Gasteiger partial charge in [-0.3, -0.25) is 4.68 Å². The molecule has 5 nitrogen and oxygen atoms in total. The highest BCUT2D eigenvalue weighted by atomic mass is 19.1. The van der Waals surface area contributed by atoms with E-state index in [1.165, 1.54) is 4.68 Å². The molecule has 0 bridgehead atoms. The molecule has 2 N–H and O–H groups in total. The molecule has 0 saturated heterocycles. The first-order chi connectivity index (χ1) is 7.00. The van der Waals surface area contributed by atoms with Crippen molar-refractivity contribution in [3.8, 4) is 11.4 Å². The maximum Gasteiger partial charge on any atom is 0.194 e. The van der Waals surface area contributed by atoms with Crippen LogP contribution in [0.4, 0.5) is 10.2 Å². The molecule has 0 atom stereocenters. The SMILES string of the molecule is Cc1cc(-c2nn(C)c(N)c2F)nn1C. The minimum atomic E-state index is -0.518. The van der Waals surface area contributed by atoms with Crippen LogP contribution in [0.1, 0.15) is 5.69 Å². The Bertz CT molecular complexity index is 491. The number of nitrogens with zero attached hydrogens (tertiary/aromatic N) is 4. The van der Waals surface area contributed by atoms with Crippen LogP contribution >= 0.6 is 0 Å². The van der Waals surface area contributed by atoms with Crippen LogP contribution in [-0.4, -0.2) is 19.6 Å². The van der Waals surface area contributed by atoms with Crippen LogP contribution in [0.5, 0.6) is 0 Å². The quantitative estimate of drug-likeness (QED) is 0.757. The fourth-order valence-corrected chi connectivity index (χ4v) is 1.35. The molecule has 0 aliphatic carbocycles. The number of hydrogen-bond donors (Lipinski definition) is 1. The topological polar surface area (TPSA) is 61.7 Å². The van der Waals surface area contributed by atoms with Gasteiger partial charge in [0.15, 0.2) is 17.3 Å². The summed E-state index contributed by atoms with van der Waals surface area (Å²) in [6.07, 6.45) is 0. The summed E-state index contributed by atoms with van der Waals surface area (Å²) in [5.41, 5.74) is 7.11. The van der Waals surface area contributed by atoms with Crippen molar-refractivity contribution in [2.24, 2.45) is 14.1 Å². The van der Waals surface area contributed by atoms with Gasteiger partial charge in [-0.05, 0) is 13.0 Å². The first kappa shape index (κ1) is 9.70. The van der Waals surface area contributed by atoms with E-state index < -0.39 is 5.82 Å². The second-order valence-electron chi connectivity index (χ2n) is 3.47. The molecule has 2 rings (SSSR count). The zero-order valence-corrected chi connectivity index (χ0v) is 8.82. The summed E-state index contributed by atoms with van der Waals surface area (Å²) >= 11 is 0. The third-order valence-electron chi connectivity index (χ3n) is 2.39.